The Balaban J connectivity index is 1.95. The molecule has 0 saturated carbocycles. The number of likely N-dealkylation sites (N-methyl/N-ethyl adjacent to an activating group) is 1. The number of thioether (sulfide) groups is 1. The molecule has 1 nitrogen and oxygen atoms in total. The first-order valence-electron chi connectivity index (χ1n) is 6.89. The summed E-state index contributed by atoms with van der Waals surface area (Å²) >= 11 is 5.28. The van der Waals surface area contributed by atoms with E-state index in [1.165, 1.54) is 16.5 Å². The minimum absolute atomic E-state index is 0.165. The molecule has 4 heteroatoms. The third-order valence-electron chi connectivity index (χ3n) is 3.44. The summed E-state index contributed by atoms with van der Waals surface area (Å²) < 4.78 is 14.2. The lowest BCUT2D eigenvalue weighted by Gasteiger charge is -2.17. The molecule has 1 N–H and O–H groups in total. The van der Waals surface area contributed by atoms with Gasteiger partial charge in [0.15, 0.2) is 0 Å². The second kappa shape index (κ2) is 7.97. The lowest BCUT2D eigenvalue weighted by atomic mass is 10.0. The van der Waals surface area contributed by atoms with Gasteiger partial charge in [0.1, 0.15) is 5.82 Å². The maximum absolute atomic E-state index is 13.1. The van der Waals surface area contributed by atoms with Crippen LogP contribution in [0, 0.1) is 12.7 Å². The third kappa shape index (κ3) is 5.13. The van der Waals surface area contributed by atoms with Crippen LogP contribution in [0.3, 0.4) is 0 Å². The van der Waals surface area contributed by atoms with Gasteiger partial charge < -0.3 is 5.32 Å². The van der Waals surface area contributed by atoms with Gasteiger partial charge in [0.2, 0.25) is 0 Å². The van der Waals surface area contributed by atoms with Crippen LogP contribution in [0.25, 0.3) is 0 Å². The first-order valence-corrected chi connectivity index (χ1v) is 8.67. The van der Waals surface area contributed by atoms with Crippen molar-refractivity contribution in [2.75, 3.05) is 12.8 Å². The van der Waals surface area contributed by atoms with Crippen LogP contribution in [0.2, 0.25) is 0 Å². The molecule has 0 aliphatic heterocycles. The molecule has 1 atom stereocenters. The van der Waals surface area contributed by atoms with Gasteiger partial charge in [-0.15, -0.1) is 11.8 Å². The fraction of sp³-hybridized carbons (Fsp3) is 0.294. The largest absolute Gasteiger partial charge is 0.316 e. The topological polar surface area (TPSA) is 12.0 Å². The molecule has 1 unspecified atom stereocenters. The first kappa shape index (κ1) is 16.5. The number of rotatable bonds is 6. The standard InChI is InChI=1S/C17H19BrFNS/c1-12-9-15(19)6-3-13(12)10-16(20-2)11-21-17-7-4-14(18)5-8-17/h3-9,16,20H,10-11H2,1-2H3. The van der Waals surface area contributed by atoms with Crippen LogP contribution < -0.4 is 5.32 Å². The zero-order valence-electron chi connectivity index (χ0n) is 12.2. The molecule has 0 aliphatic rings. The molecular weight excluding hydrogens is 349 g/mol. The van der Waals surface area contributed by atoms with E-state index in [1.54, 1.807) is 6.07 Å². The third-order valence-corrected chi connectivity index (χ3v) is 5.15. The average molecular weight is 368 g/mol. The zero-order valence-corrected chi connectivity index (χ0v) is 14.6. The summed E-state index contributed by atoms with van der Waals surface area (Å²) in [5.74, 6) is 0.816. The monoisotopic (exact) mass is 367 g/mol. The number of hydrogen-bond donors (Lipinski definition) is 1. The molecule has 0 aromatic heterocycles. The predicted octanol–water partition coefficient (Wildman–Crippen LogP) is 4.82. The summed E-state index contributed by atoms with van der Waals surface area (Å²) in [6.45, 7) is 1.97. The quantitative estimate of drug-likeness (QED) is 0.734. The normalized spacial score (nSPS) is 12.4. The molecule has 21 heavy (non-hydrogen) atoms. The van der Waals surface area contributed by atoms with Gasteiger partial charge in [0.05, 0.1) is 0 Å². The van der Waals surface area contributed by atoms with Crippen molar-refractivity contribution in [3.05, 3.63) is 63.9 Å². The second-order valence-electron chi connectivity index (χ2n) is 5.03. The number of benzene rings is 2. The minimum Gasteiger partial charge on any atom is -0.316 e. The Hall–Kier alpha value is -0.840. The van der Waals surface area contributed by atoms with Crippen LogP contribution in [0.15, 0.2) is 51.8 Å². The van der Waals surface area contributed by atoms with Crippen LogP contribution in [0.1, 0.15) is 11.1 Å². The van der Waals surface area contributed by atoms with E-state index in [2.05, 4.69) is 45.5 Å². The zero-order chi connectivity index (χ0) is 15.2. The maximum atomic E-state index is 13.1. The van der Waals surface area contributed by atoms with Gasteiger partial charge in [0.25, 0.3) is 0 Å². The van der Waals surface area contributed by atoms with E-state index in [0.29, 0.717) is 6.04 Å². The Morgan fingerprint density at radius 1 is 1.19 bits per heavy atom. The van der Waals surface area contributed by atoms with Crippen molar-refractivity contribution in [2.24, 2.45) is 0 Å². The van der Waals surface area contributed by atoms with Crippen LogP contribution in [0.4, 0.5) is 4.39 Å². The van der Waals surface area contributed by atoms with Crippen molar-refractivity contribution in [2.45, 2.75) is 24.3 Å². The molecule has 2 rings (SSSR count). The summed E-state index contributed by atoms with van der Waals surface area (Å²) in [7, 11) is 1.98. The van der Waals surface area contributed by atoms with Gasteiger partial charge in [-0.25, -0.2) is 4.39 Å². The lowest BCUT2D eigenvalue weighted by molar-refractivity contribution is 0.607. The molecule has 0 bridgehead atoms. The first-order chi connectivity index (χ1) is 10.1. The van der Waals surface area contributed by atoms with Crippen molar-refractivity contribution in [3.63, 3.8) is 0 Å². The molecule has 0 amide bonds. The lowest BCUT2D eigenvalue weighted by Crippen LogP contribution is -2.30. The molecule has 2 aromatic carbocycles. The number of halogens is 2. The summed E-state index contributed by atoms with van der Waals surface area (Å²) in [6.07, 6.45) is 0.909. The van der Waals surface area contributed by atoms with Gasteiger partial charge >= 0.3 is 0 Å². The van der Waals surface area contributed by atoms with E-state index in [0.717, 1.165) is 22.2 Å². The van der Waals surface area contributed by atoms with Gasteiger partial charge in [0, 0.05) is 21.2 Å². The van der Waals surface area contributed by atoms with Crippen LogP contribution in [-0.2, 0) is 6.42 Å². The molecule has 0 aliphatic carbocycles. The van der Waals surface area contributed by atoms with Crippen molar-refractivity contribution >= 4 is 27.7 Å². The molecular formula is C17H19BrFNS. The Labute approximate surface area is 138 Å². The number of aryl methyl sites for hydroxylation is 1. The highest BCUT2D eigenvalue weighted by atomic mass is 79.9. The van der Waals surface area contributed by atoms with Gasteiger partial charge in [-0.1, -0.05) is 22.0 Å². The SMILES string of the molecule is CNC(CSc1ccc(Br)cc1)Cc1ccc(F)cc1C. The highest BCUT2D eigenvalue weighted by Crippen LogP contribution is 2.22. The fourth-order valence-electron chi connectivity index (χ4n) is 2.13. The van der Waals surface area contributed by atoms with E-state index >= 15 is 0 Å². The fourth-order valence-corrected chi connectivity index (χ4v) is 3.40. The molecule has 0 radical (unpaired) electrons. The smallest absolute Gasteiger partial charge is 0.123 e. The summed E-state index contributed by atoms with van der Waals surface area (Å²) in [6, 6.07) is 13.7. The maximum Gasteiger partial charge on any atom is 0.123 e. The van der Waals surface area contributed by atoms with Gasteiger partial charge in [-0.05, 0) is 67.9 Å². The van der Waals surface area contributed by atoms with Gasteiger partial charge in [-0.2, -0.15) is 0 Å². The van der Waals surface area contributed by atoms with Crippen molar-refractivity contribution in [1.82, 2.24) is 5.32 Å². The molecule has 112 valence electrons. The summed E-state index contributed by atoms with van der Waals surface area (Å²) in [5.41, 5.74) is 2.22. The molecule has 0 spiro atoms. The Morgan fingerprint density at radius 3 is 2.52 bits per heavy atom. The minimum atomic E-state index is -0.165. The van der Waals surface area contributed by atoms with Crippen molar-refractivity contribution in [3.8, 4) is 0 Å². The van der Waals surface area contributed by atoms with E-state index in [9.17, 15) is 4.39 Å². The van der Waals surface area contributed by atoms with Crippen LogP contribution in [0.5, 0.6) is 0 Å². The average Bonchev–Trinajstić information content (AvgIpc) is 2.47. The highest BCUT2D eigenvalue weighted by molar-refractivity contribution is 9.10. The second-order valence-corrected chi connectivity index (χ2v) is 7.03. The Kier molecular flexibility index (Phi) is 6.27. The Bertz CT molecular complexity index is 586. The van der Waals surface area contributed by atoms with E-state index in [4.69, 9.17) is 0 Å². The van der Waals surface area contributed by atoms with Crippen LogP contribution >= 0.6 is 27.7 Å². The van der Waals surface area contributed by atoms with Gasteiger partial charge in [-0.3, -0.25) is 0 Å². The summed E-state index contributed by atoms with van der Waals surface area (Å²) in [4.78, 5) is 1.26. The number of hydrogen-bond acceptors (Lipinski definition) is 2. The van der Waals surface area contributed by atoms with Crippen LogP contribution in [-0.4, -0.2) is 18.8 Å². The molecule has 2 aromatic rings. The summed E-state index contributed by atoms with van der Waals surface area (Å²) in [5, 5.41) is 3.35. The van der Waals surface area contributed by atoms with Crippen molar-refractivity contribution < 1.29 is 4.39 Å². The van der Waals surface area contributed by atoms with E-state index in [1.807, 2.05) is 31.8 Å². The number of nitrogens with one attached hydrogen (secondary N) is 1. The van der Waals surface area contributed by atoms with Crippen molar-refractivity contribution in [1.29, 1.82) is 0 Å². The molecule has 0 heterocycles. The van der Waals surface area contributed by atoms with E-state index < -0.39 is 0 Å². The molecule has 0 saturated heterocycles. The highest BCUT2D eigenvalue weighted by Gasteiger charge is 2.10. The predicted molar refractivity (Wildman–Crippen MR) is 92.6 cm³/mol. The molecule has 0 fully saturated rings. The van der Waals surface area contributed by atoms with E-state index in [-0.39, 0.29) is 5.82 Å². The Morgan fingerprint density at radius 2 is 1.90 bits per heavy atom.